The molecule has 0 bridgehead atoms. The molecule has 1 heterocycles. The Labute approximate surface area is 194 Å². The minimum atomic E-state index is -1.39. The van der Waals surface area contributed by atoms with E-state index < -0.39 is 66.1 Å². The second-order valence-electron chi connectivity index (χ2n) is 7.54. The summed E-state index contributed by atoms with van der Waals surface area (Å²) in [6.07, 6.45) is -6.59. The molecule has 0 amide bonds. The third-order valence-corrected chi connectivity index (χ3v) is 4.64. The molecule has 1 aromatic rings. The average Bonchev–Trinajstić information content (AvgIpc) is 2.71. The Kier molecular flexibility index (Phi) is 8.90. The van der Waals surface area contributed by atoms with E-state index in [1.54, 1.807) is 13.0 Å². The van der Waals surface area contributed by atoms with Crippen molar-refractivity contribution >= 4 is 35.3 Å². The van der Waals surface area contributed by atoms with Crippen molar-refractivity contribution < 1.29 is 47.8 Å². The van der Waals surface area contributed by atoms with E-state index in [2.05, 4.69) is 5.32 Å². The molecule has 0 unspecified atom stereocenters. The number of benzene rings is 1. The second kappa shape index (κ2) is 11.4. The highest BCUT2D eigenvalue weighted by molar-refractivity contribution is 5.69. The monoisotopic (exact) mass is 482 g/mol. The van der Waals surface area contributed by atoms with E-state index in [4.69, 9.17) is 23.7 Å². The minimum absolute atomic E-state index is 0.0245. The third-order valence-electron chi connectivity index (χ3n) is 4.64. The van der Waals surface area contributed by atoms with Crippen LogP contribution in [-0.2, 0) is 42.9 Å². The highest BCUT2D eigenvalue weighted by Gasteiger charge is 2.52. The lowest BCUT2D eigenvalue weighted by atomic mass is 9.97. The van der Waals surface area contributed by atoms with Crippen LogP contribution >= 0.6 is 0 Å². The fourth-order valence-corrected chi connectivity index (χ4v) is 3.41. The SMILES string of the molecule is CC(=O)OC[C@H]1O[C@@H](Nc2ccc(C)cc2[N+](=O)[O-])[C@H](OC(C)=O)[C@@H](OC(C)=O)[C@@H]1OC(C)=O. The molecule has 0 spiro atoms. The average molecular weight is 482 g/mol. The van der Waals surface area contributed by atoms with E-state index in [0.29, 0.717) is 5.56 Å². The molecule has 0 aliphatic carbocycles. The van der Waals surface area contributed by atoms with Gasteiger partial charge in [0.15, 0.2) is 24.5 Å². The Balaban J connectivity index is 2.54. The zero-order valence-corrected chi connectivity index (χ0v) is 19.3. The summed E-state index contributed by atoms with van der Waals surface area (Å²) in [5.74, 6) is -2.99. The Hall–Kier alpha value is -3.74. The number of hydrogen-bond donors (Lipinski definition) is 1. The molecule has 1 aromatic carbocycles. The molecule has 0 radical (unpaired) electrons. The van der Waals surface area contributed by atoms with Crippen LogP contribution in [0.15, 0.2) is 18.2 Å². The van der Waals surface area contributed by atoms with Crippen LogP contribution in [0, 0.1) is 17.0 Å². The molecule has 1 N–H and O–H groups in total. The van der Waals surface area contributed by atoms with Crippen LogP contribution in [0.1, 0.15) is 33.3 Å². The highest BCUT2D eigenvalue weighted by atomic mass is 16.7. The van der Waals surface area contributed by atoms with Gasteiger partial charge in [-0.05, 0) is 18.6 Å². The minimum Gasteiger partial charge on any atom is -0.463 e. The van der Waals surface area contributed by atoms with E-state index in [0.717, 1.165) is 27.7 Å². The number of carbonyl (C=O) groups excluding carboxylic acids is 4. The zero-order valence-electron chi connectivity index (χ0n) is 19.3. The summed E-state index contributed by atoms with van der Waals surface area (Å²) >= 11 is 0. The predicted octanol–water partition coefficient (Wildman–Crippen LogP) is 1.40. The van der Waals surface area contributed by atoms with Gasteiger partial charge in [-0.1, -0.05) is 6.07 Å². The van der Waals surface area contributed by atoms with Gasteiger partial charge in [-0.15, -0.1) is 0 Å². The van der Waals surface area contributed by atoms with Gasteiger partial charge in [0.1, 0.15) is 18.4 Å². The van der Waals surface area contributed by atoms with Crippen molar-refractivity contribution in [2.24, 2.45) is 0 Å². The van der Waals surface area contributed by atoms with E-state index in [9.17, 15) is 29.3 Å². The largest absolute Gasteiger partial charge is 0.463 e. The summed E-state index contributed by atoms with van der Waals surface area (Å²) in [7, 11) is 0. The van der Waals surface area contributed by atoms with E-state index in [1.165, 1.54) is 12.1 Å². The van der Waals surface area contributed by atoms with Crippen LogP contribution < -0.4 is 5.32 Å². The van der Waals surface area contributed by atoms with E-state index in [-0.39, 0.29) is 11.4 Å². The van der Waals surface area contributed by atoms with Crippen LogP contribution in [0.3, 0.4) is 0 Å². The lowest BCUT2D eigenvalue weighted by molar-refractivity contribution is -0.384. The normalized spacial score (nSPS) is 23.9. The Morgan fingerprint density at radius 1 is 0.941 bits per heavy atom. The van der Waals surface area contributed by atoms with Gasteiger partial charge in [0.2, 0.25) is 0 Å². The number of nitro groups is 1. The number of hydrogen-bond acceptors (Lipinski definition) is 12. The lowest BCUT2D eigenvalue weighted by Crippen LogP contribution is -2.64. The Bertz CT molecular complexity index is 964. The maximum Gasteiger partial charge on any atom is 0.303 e. The number of ether oxygens (including phenoxy) is 5. The first-order valence-corrected chi connectivity index (χ1v) is 10.2. The topological polar surface area (TPSA) is 170 Å². The highest BCUT2D eigenvalue weighted by Crippen LogP contribution is 2.33. The standard InChI is InChI=1S/C21H26N2O11/c1-10-6-7-15(16(8-10)23(28)29)22-21-20(33-14(5)27)19(32-13(4)26)18(31-12(3)25)17(34-21)9-30-11(2)24/h6-8,17-22H,9H2,1-5H3/t17-,18-,19+,20-,21-/m1/s1. The summed E-state index contributed by atoms with van der Waals surface area (Å²) in [6.45, 7) is 5.72. The van der Waals surface area contributed by atoms with Gasteiger partial charge in [-0.25, -0.2) is 0 Å². The Morgan fingerprint density at radius 2 is 1.50 bits per heavy atom. The molecule has 13 heteroatoms. The molecule has 13 nitrogen and oxygen atoms in total. The molecule has 5 atom stereocenters. The summed E-state index contributed by atoms with van der Waals surface area (Å²) in [5, 5.41) is 14.3. The smallest absolute Gasteiger partial charge is 0.303 e. The molecule has 1 saturated heterocycles. The fourth-order valence-electron chi connectivity index (χ4n) is 3.41. The molecule has 186 valence electrons. The molecule has 1 aliphatic heterocycles. The van der Waals surface area contributed by atoms with Gasteiger partial charge < -0.3 is 29.0 Å². The predicted molar refractivity (Wildman–Crippen MR) is 113 cm³/mol. The first-order valence-electron chi connectivity index (χ1n) is 10.2. The van der Waals surface area contributed by atoms with Crippen molar-refractivity contribution in [2.45, 2.75) is 65.3 Å². The molecule has 1 fully saturated rings. The number of carbonyl (C=O) groups is 4. The van der Waals surface area contributed by atoms with Gasteiger partial charge in [-0.2, -0.15) is 0 Å². The van der Waals surface area contributed by atoms with Gasteiger partial charge in [0.25, 0.3) is 5.69 Å². The van der Waals surface area contributed by atoms with Crippen molar-refractivity contribution in [1.82, 2.24) is 0 Å². The molecular weight excluding hydrogens is 456 g/mol. The number of nitro benzene ring substituents is 1. The van der Waals surface area contributed by atoms with Gasteiger partial charge >= 0.3 is 23.9 Å². The maximum atomic E-state index is 11.9. The quantitative estimate of drug-likeness (QED) is 0.245. The van der Waals surface area contributed by atoms with Crippen molar-refractivity contribution in [2.75, 3.05) is 11.9 Å². The number of nitrogens with zero attached hydrogens (tertiary/aromatic N) is 1. The van der Waals surface area contributed by atoms with Gasteiger partial charge in [0.05, 0.1) is 4.92 Å². The molecule has 0 saturated carbocycles. The number of nitrogens with one attached hydrogen (secondary N) is 1. The maximum absolute atomic E-state index is 11.9. The van der Waals surface area contributed by atoms with E-state index in [1.807, 2.05) is 0 Å². The number of aryl methyl sites for hydroxylation is 1. The molecular formula is C21H26N2O11. The van der Waals surface area contributed by atoms with Crippen molar-refractivity contribution in [3.63, 3.8) is 0 Å². The van der Waals surface area contributed by atoms with Crippen LogP contribution in [-0.4, -0.2) is 66.1 Å². The van der Waals surface area contributed by atoms with Crippen LogP contribution in [0.5, 0.6) is 0 Å². The molecule has 1 aliphatic rings. The third kappa shape index (κ3) is 7.13. The zero-order chi connectivity index (χ0) is 25.6. The summed E-state index contributed by atoms with van der Waals surface area (Å²) < 4.78 is 26.8. The van der Waals surface area contributed by atoms with Crippen LogP contribution in [0.4, 0.5) is 11.4 Å². The first-order chi connectivity index (χ1) is 15.9. The van der Waals surface area contributed by atoms with Crippen LogP contribution in [0.2, 0.25) is 0 Å². The molecule has 2 rings (SSSR count). The van der Waals surface area contributed by atoms with Crippen molar-refractivity contribution in [1.29, 1.82) is 0 Å². The number of rotatable bonds is 8. The first kappa shape index (κ1) is 26.5. The number of anilines is 1. The molecule has 34 heavy (non-hydrogen) atoms. The summed E-state index contributed by atoms with van der Waals surface area (Å²) in [6, 6.07) is 4.37. The summed E-state index contributed by atoms with van der Waals surface area (Å²) in [4.78, 5) is 57.8. The van der Waals surface area contributed by atoms with E-state index >= 15 is 0 Å². The Morgan fingerprint density at radius 3 is 2.03 bits per heavy atom. The second-order valence-corrected chi connectivity index (χ2v) is 7.54. The number of esters is 4. The lowest BCUT2D eigenvalue weighted by Gasteiger charge is -2.44. The van der Waals surface area contributed by atoms with Gasteiger partial charge in [-0.3, -0.25) is 29.3 Å². The van der Waals surface area contributed by atoms with Crippen LogP contribution in [0.25, 0.3) is 0 Å². The van der Waals surface area contributed by atoms with Gasteiger partial charge in [0, 0.05) is 33.8 Å². The molecule has 0 aromatic heterocycles. The van der Waals surface area contributed by atoms with Crippen molar-refractivity contribution in [3.05, 3.63) is 33.9 Å². The summed E-state index contributed by atoms with van der Waals surface area (Å²) in [5.41, 5.74) is 0.364. The fraction of sp³-hybridized carbons (Fsp3) is 0.524. The van der Waals surface area contributed by atoms with Crippen molar-refractivity contribution in [3.8, 4) is 0 Å².